The van der Waals surface area contributed by atoms with Crippen LogP contribution in [0.2, 0.25) is 0 Å². The molecule has 2 heterocycles. The predicted octanol–water partition coefficient (Wildman–Crippen LogP) is 6.47. The summed E-state index contributed by atoms with van der Waals surface area (Å²) in [5, 5.41) is 17.7. The van der Waals surface area contributed by atoms with Gasteiger partial charge in [-0.2, -0.15) is 0 Å². The SMILES string of the molecule is CC(C)CN(Cc1ccccc1)c1cc(Nc2ccccc2F)cc(-c2ccccc2-c2nnn[nH]2)n1. The zero-order valence-corrected chi connectivity index (χ0v) is 20.8. The minimum Gasteiger partial charge on any atom is -0.353 e. The van der Waals surface area contributed by atoms with Crippen molar-refractivity contribution >= 4 is 17.2 Å². The summed E-state index contributed by atoms with van der Waals surface area (Å²) in [6, 6.07) is 28.7. The lowest BCUT2D eigenvalue weighted by molar-refractivity contribution is 0.605. The van der Waals surface area contributed by atoms with Crippen molar-refractivity contribution < 1.29 is 4.39 Å². The van der Waals surface area contributed by atoms with Gasteiger partial charge in [0.25, 0.3) is 0 Å². The van der Waals surface area contributed by atoms with Crippen LogP contribution in [0.3, 0.4) is 0 Å². The van der Waals surface area contributed by atoms with Crippen molar-refractivity contribution in [2.75, 3.05) is 16.8 Å². The van der Waals surface area contributed by atoms with Crippen molar-refractivity contribution in [3.63, 3.8) is 0 Å². The van der Waals surface area contributed by atoms with Gasteiger partial charge in [-0.25, -0.2) is 14.5 Å². The molecule has 0 aliphatic rings. The van der Waals surface area contributed by atoms with Gasteiger partial charge in [-0.1, -0.05) is 80.6 Å². The van der Waals surface area contributed by atoms with E-state index in [9.17, 15) is 4.39 Å². The summed E-state index contributed by atoms with van der Waals surface area (Å²) in [7, 11) is 0. The molecule has 0 fully saturated rings. The number of pyridine rings is 1. The second kappa shape index (κ2) is 11.0. The molecule has 0 saturated heterocycles. The Bertz CT molecular complexity index is 1450. The first-order valence-corrected chi connectivity index (χ1v) is 12.2. The lowest BCUT2D eigenvalue weighted by Crippen LogP contribution is -2.28. The topological polar surface area (TPSA) is 82.6 Å². The number of tetrazole rings is 1. The van der Waals surface area contributed by atoms with Gasteiger partial charge in [0.1, 0.15) is 11.6 Å². The Morgan fingerprint density at radius 2 is 1.62 bits per heavy atom. The fourth-order valence-electron chi connectivity index (χ4n) is 4.28. The minimum atomic E-state index is -0.320. The van der Waals surface area contributed by atoms with Crippen LogP contribution >= 0.6 is 0 Å². The Morgan fingerprint density at radius 1 is 0.892 bits per heavy atom. The number of anilines is 3. The van der Waals surface area contributed by atoms with Crippen LogP contribution in [0.4, 0.5) is 21.6 Å². The minimum absolute atomic E-state index is 0.320. The third-order valence-electron chi connectivity index (χ3n) is 5.89. The number of rotatable bonds is 9. The molecule has 5 rings (SSSR count). The van der Waals surface area contributed by atoms with E-state index in [4.69, 9.17) is 4.98 Å². The van der Waals surface area contributed by atoms with Crippen molar-refractivity contribution in [1.82, 2.24) is 25.6 Å². The Balaban J connectivity index is 1.63. The Kier molecular flexibility index (Phi) is 7.16. The molecular formula is C29H28FN7. The van der Waals surface area contributed by atoms with Crippen molar-refractivity contribution in [1.29, 1.82) is 0 Å². The number of halogens is 1. The molecule has 37 heavy (non-hydrogen) atoms. The van der Waals surface area contributed by atoms with E-state index >= 15 is 0 Å². The van der Waals surface area contributed by atoms with Crippen LogP contribution < -0.4 is 10.2 Å². The van der Waals surface area contributed by atoms with Crippen LogP contribution in [0.1, 0.15) is 19.4 Å². The number of nitrogens with zero attached hydrogens (tertiary/aromatic N) is 5. The summed E-state index contributed by atoms with van der Waals surface area (Å²) in [6.07, 6.45) is 0. The third kappa shape index (κ3) is 5.81. The summed E-state index contributed by atoms with van der Waals surface area (Å²) >= 11 is 0. The maximum Gasteiger partial charge on any atom is 0.180 e. The molecule has 2 aromatic heterocycles. The highest BCUT2D eigenvalue weighted by molar-refractivity contribution is 5.81. The first-order valence-electron chi connectivity index (χ1n) is 12.2. The van der Waals surface area contributed by atoms with Crippen molar-refractivity contribution in [2.24, 2.45) is 5.92 Å². The largest absolute Gasteiger partial charge is 0.353 e. The van der Waals surface area contributed by atoms with Crippen molar-refractivity contribution in [2.45, 2.75) is 20.4 Å². The summed E-state index contributed by atoms with van der Waals surface area (Å²) in [5.41, 5.74) is 4.74. The molecule has 3 aromatic carbocycles. The van der Waals surface area contributed by atoms with Gasteiger partial charge in [-0.05, 0) is 40.1 Å². The lowest BCUT2D eigenvalue weighted by atomic mass is 10.0. The van der Waals surface area contributed by atoms with Gasteiger partial charge >= 0.3 is 0 Å². The number of aromatic amines is 1. The highest BCUT2D eigenvalue weighted by Crippen LogP contribution is 2.34. The van der Waals surface area contributed by atoms with Crippen LogP contribution in [-0.2, 0) is 6.54 Å². The van der Waals surface area contributed by atoms with E-state index in [1.54, 1.807) is 18.2 Å². The number of benzene rings is 3. The summed E-state index contributed by atoms with van der Waals surface area (Å²) in [5.74, 6) is 1.43. The number of nitrogens with one attached hydrogen (secondary N) is 2. The van der Waals surface area contributed by atoms with Crippen LogP contribution in [0, 0.1) is 11.7 Å². The predicted molar refractivity (Wildman–Crippen MR) is 145 cm³/mol. The monoisotopic (exact) mass is 493 g/mol. The van der Waals surface area contributed by atoms with Gasteiger partial charge in [-0.15, -0.1) is 5.10 Å². The Morgan fingerprint density at radius 3 is 2.35 bits per heavy atom. The van der Waals surface area contributed by atoms with Gasteiger partial charge in [0.2, 0.25) is 0 Å². The average molecular weight is 494 g/mol. The summed E-state index contributed by atoms with van der Waals surface area (Å²) in [4.78, 5) is 7.36. The molecule has 0 aliphatic carbocycles. The highest BCUT2D eigenvalue weighted by atomic mass is 19.1. The smallest absolute Gasteiger partial charge is 0.180 e. The molecule has 186 valence electrons. The second-order valence-corrected chi connectivity index (χ2v) is 9.26. The van der Waals surface area contributed by atoms with E-state index in [0.717, 1.165) is 34.9 Å². The Labute approximate surface area is 215 Å². The van der Waals surface area contributed by atoms with Gasteiger partial charge in [0.05, 0.1) is 11.4 Å². The number of aromatic nitrogens is 5. The molecular weight excluding hydrogens is 465 g/mol. The zero-order chi connectivity index (χ0) is 25.6. The Hall–Kier alpha value is -4.59. The maximum absolute atomic E-state index is 14.6. The van der Waals surface area contributed by atoms with Crippen LogP contribution in [0.25, 0.3) is 22.6 Å². The molecule has 7 nitrogen and oxygen atoms in total. The van der Waals surface area contributed by atoms with E-state index in [1.807, 2.05) is 54.6 Å². The third-order valence-corrected chi connectivity index (χ3v) is 5.89. The lowest BCUT2D eigenvalue weighted by Gasteiger charge is -2.27. The molecule has 2 N–H and O–H groups in total. The van der Waals surface area contributed by atoms with Crippen molar-refractivity contribution in [3.8, 4) is 22.6 Å². The van der Waals surface area contributed by atoms with E-state index in [2.05, 4.69) is 56.8 Å². The van der Waals surface area contributed by atoms with Gasteiger partial charge in [-0.3, -0.25) is 0 Å². The quantitative estimate of drug-likeness (QED) is 0.245. The number of H-pyrrole nitrogens is 1. The standard InChI is InChI=1S/C29H28FN7/c1-20(2)18-37(19-21-10-4-3-5-11-21)28-17-22(31-26-15-9-8-14-25(26)30)16-27(32-28)23-12-6-7-13-24(23)29-33-35-36-34-29/h3-17,20H,18-19H2,1-2H3,(H,31,32)(H,33,34,35,36). The van der Waals surface area contributed by atoms with Gasteiger partial charge in [0.15, 0.2) is 5.82 Å². The fourth-order valence-corrected chi connectivity index (χ4v) is 4.28. The molecule has 0 aliphatic heterocycles. The van der Waals surface area contributed by atoms with Gasteiger partial charge < -0.3 is 10.2 Å². The molecule has 0 unspecified atom stereocenters. The van der Waals surface area contributed by atoms with E-state index in [-0.39, 0.29) is 5.82 Å². The van der Waals surface area contributed by atoms with E-state index in [0.29, 0.717) is 24.0 Å². The normalized spacial score (nSPS) is 11.0. The molecule has 0 spiro atoms. The van der Waals surface area contributed by atoms with E-state index < -0.39 is 0 Å². The number of para-hydroxylation sites is 1. The number of hydrogen-bond donors (Lipinski definition) is 2. The van der Waals surface area contributed by atoms with Gasteiger partial charge in [0, 0.05) is 36.0 Å². The second-order valence-electron chi connectivity index (χ2n) is 9.26. The molecule has 0 amide bonds. The average Bonchev–Trinajstić information content (AvgIpc) is 3.45. The fraction of sp³-hybridized carbons (Fsp3) is 0.172. The van der Waals surface area contributed by atoms with Crippen LogP contribution in [0.15, 0.2) is 91.0 Å². The van der Waals surface area contributed by atoms with E-state index in [1.165, 1.54) is 11.6 Å². The molecule has 0 atom stereocenters. The maximum atomic E-state index is 14.6. The molecule has 0 bridgehead atoms. The molecule has 8 heteroatoms. The first kappa shape index (κ1) is 24.1. The molecule has 0 saturated carbocycles. The van der Waals surface area contributed by atoms with Crippen molar-refractivity contribution in [3.05, 3.63) is 102 Å². The van der Waals surface area contributed by atoms with Crippen LogP contribution in [0.5, 0.6) is 0 Å². The molecule has 5 aromatic rings. The summed E-state index contributed by atoms with van der Waals surface area (Å²) < 4.78 is 14.6. The summed E-state index contributed by atoms with van der Waals surface area (Å²) in [6.45, 7) is 5.87. The van der Waals surface area contributed by atoms with Crippen LogP contribution in [-0.4, -0.2) is 32.2 Å². The first-order chi connectivity index (χ1) is 18.1. The molecule has 0 radical (unpaired) electrons. The highest BCUT2D eigenvalue weighted by Gasteiger charge is 2.17. The number of hydrogen-bond acceptors (Lipinski definition) is 6. The zero-order valence-electron chi connectivity index (χ0n) is 20.8.